The van der Waals surface area contributed by atoms with Gasteiger partial charge in [0.2, 0.25) is 5.91 Å². The van der Waals surface area contributed by atoms with Gasteiger partial charge >= 0.3 is 5.97 Å². The number of carboxylic acid groups (broad SMARTS) is 1. The van der Waals surface area contributed by atoms with Gasteiger partial charge in [-0.3, -0.25) is 4.79 Å². The van der Waals surface area contributed by atoms with Crippen LogP contribution in [0.15, 0.2) is 0 Å². The SMILES string of the molecule is CCC1CCNC(C(=O)N[C@@H](C(=O)O)C(C)(C)C)C1. The number of hydrogen-bond donors (Lipinski definition) is 3. The highest BCUT2D eigenvalue weighted by Gasteiger charge is 2.35. The van der Waals surface area contributed by atoms with Crippen LogP contribution in [0.25, 0.3) is 0 Å². The van der Waals surface area contributed by atoms with Crippen LogP contribution in [0.4, 0.5) is 0 Å². The van der Waals surface area contributed by atoms with Gasteiger partial charge in [-0.15, -0.1) is 0 Å². The lowest BCUT2D eigenvalue weighted by Gasteiger charge is -2.32. The molecule has 3 atom stereocenters. The summed E-state index contributed by atoms with van der Waals surface area (Å²) in [5.41, 5.74) is -0.500. The summed E-state index contributed by atoms with van der Waals surface area (Å²) in [5.74, 6) is -0.626. The Kier molecular flexibility index (Phi) is 5.35. The standard InChI is InChI=1S/C14H26N2O3/c1-5-9-6-7-15-10(8-9)12(17)16-11(13(18)19)14(2,3)4/h9-11,15H,5-8H2,1-4H3,(H,16,17)(H,18,19)/t9?,10?,11-/m0/s1. The number of carbonyl (C=O) groups excluding carboxylic acids is 1. The molecule has 19 heavy (non-hydrogen) atoms. The van der Waals surface area contributed by atoms with Crippen molar-refractivity contribution in [3.05, 3.63) is 0 Å². The molecule has 5 heteroatoms. The third kappa shape index (κ3) is 4.49. The van der Waals surface area contributed by atoms with Gasteiger partial charge in [0, 0.05) is 0 Å². The van der Waals surface area contributed by atoms with Crippen LogP contribution < -0.4 is 10.6 Å². The van der Waals surface area contributed by atoms with Gasteiger partial charge in [0.1, 0.15) is 6.04 Å². The molecule has 0 aliphatic carbocycles. The first-order chi connectivity index (χ1) is 8.75. The summed E-state index contributed by atoms with van der Waals surface area (Å²) in [7, 11) is 0. The van der Waals surface area contributed by atoms with Gasteiger partial charge in [0.05, 0.1) is 6.04 Å². The van der Waals surface area contributed by atoms with Crippen LogP contribution in [0.2, 0.25) is 0 Å². The quantitative estimate of drug-likeness (QED) is 0.721. The largest absolute Gasteiger partial charge is 0.480 e. The van der Waals surface area contributed by atoms with E-state index < -0.39 is 17.4 Å². The fourth-order valence-corrected chi connectivity index (χ4v) is 2.46. The number of aliphatic carboxylic acids is 1. The molecule has 0 bridgehead atoms. The Bertz CT molecular complexity index is 336. The zero-order valence-electron chi connectivity index (χ0n) is 12.3. The smallest absolute Gasteiger partial charge is 0.326 e. The normalized spacial score (nSPS) is 25.7. The van der Waals surface area contributed by atoms with Crippen LogP contribution in [0.5, 0.6) is 0 Å². The van der Waals surface area contributed by atoms with Crippen LogP contribution in [0.1, 0.15) is 47.0 Å². The Balaban J connectivity index is 2.64. The average Bonchev–Trinajstić information content (AvgIpc) is 2.33. The van der Waals surface area contributed by atoms with Crippen molar-refractivity contribution in [1.82, 2.24) is 10.6 Å². The molecule has 0 aromatic carbocycles. The first kappa shape index (κ1) is 16.0. The van der Waals surface area contributed by atoms with E-state index in [1.54, 1.807) is 0 Å². The van der Waals surface area contributed by atoms with Crippen molar-refractivity contribution in [3.8, 4) is 0 Å². The van der Waals surface area contributed by atoms with Crippen molar-refractivity contribution in [2.24, 2.45) is 11.3 Å². The van der Waals surface area contributed by atoms with Crippen molar-refractivity contribution >= 4 is 11.9 Å². The molecule has 2 unspecified atom stereocenters. The van der Waals surface area contributed by atoms with E-state index in [-0.39, 0.29) is 11.9 Å². The number of rotatable bonds is 4. The second kappa shape index (κ2) is 6.37. The molecule has 1 aliphatic rings. The molecule has 5 nitrogen and oxygen atoms in total. The van der Waals surface area contributed by atoms with E-state index in [0.717, 1.165) is 25.8 Å². The number of carboxylic acids is 1. The predicted octanol–water partition coefficient (Wildman–Crippen LogP) is 1.38. The molecule has 110 valence electrons. The third-order valence-corrected chi connectivity index (χ3v) is 3.81. The van der Waals surface area contributed by atoms with Crippen molar-refractivity contribution < 1.29 is 14.7 Å². The van der Waals surface area contributed by atoms with Gasteiger partial charge in [0.25, 0.3) is 0 Å². The van der Waals surface area contributed by atoms with E-state index >= 15 is 0 Å². The van der Waals surface area contributed by atoms with Gasteiger partial charge in [-0.05, 0) is 30.7 Å². The van der Waals surface area contributed by atoms with Crippen LogP contribution in [-0.2, 0) is 9.59 Å². The molecule has 0 radical (unpaired) electrons. The van der Waals surface area contributed by atoms with E-state index in [4.69, 9.17) is 0 Å². The van der Waals surface area contributed by atoms with Crippen molar-refractivity contribution in [2.75, 3.05) is 6.54 Å². The molecule has 0 saturated carbocycles. The van der Waals surface area contributed by atoms with Crippen molar-refractivity contribution in [3.63, 3.8) is 0 Å². The van der Waals surface area contributed by atoms with Gasteiger partial charge in [-0.2, -0.15) is 0 Å². The Morgan fingerprint density at radius 2 is 2.05 bits per heavy atom. The number of nitrogens with one attached hydrogen (secondary N) is 2. The fourth-order valence-electron chi connectivity index (χ4n) is 2.46. The lowest BCUT2D eigenvalue weighted by Crippen LogP contribution is -2.56. The highest BCUT2D eigenvalue weighted by atomic mass is 16.4. The molecule has 1 fully saturated rings. The molecular weight excluding hydrogens is 244 g/mol. The Morgan fingerprint density at radius 3 is 2.53 bits per heavy atom. The van der Waals surface area contributed by atoms with Crippen molar-refractivity contribution in [1.29, 1.82) is 0 Å². The van der Waals surface area contributed by atoms with Gasteiger partial charge in [-0.1, -0.05) is 34.1 Å². The van der Waals surface area contributed by atoms with E-state index in [1.807, 2.05) is 20.8 Å². The molecule has 3 N–H and O–H groups in total. The summed E-state index contributed by atoms with van der Waals surface area (Å²) in [6.07, 6.45) is 2.94. The maximum absolute atomic E-state index is 12.2. The first-order valence-corrected chi connectivity index (χ1v) is 7.02. The van der Waals surface area contributed by atoms with E-state index in [2.05, 4.69) is 17.6 Å². The lowest BCUT2D eigenvalue weighted by atomic mass is 9.85. The van der Waals surface area contributed by atoms with Crippen LogP contribution in [-0.4, -0.2) is 35.6 Å². The summed E-state index contributed by atoms with van der Waals surface area (Å²) >= 11 is 0. The van der Waals surface area contributed by atoms with Crippen molar-refractivity contribution in [2.45, 2.75) is 59.0 Å². The molecule has 1 rings (SSSR count). The molecule has 1 saturated heterocycles. The number of hydrogen-bond acceptors (Lipinski definition) is 3. The van der Waals surface area contributed by atoms with E-state index in [1.165, 1.54) is 0 Å². The maximum Gasteiger partial charge on any atom is 0.326 e. The zero-order valence-corrected chi connectivity index (χ0v) is 12.3. The molecule has 1 amide bonds. The molecule has 0 aromatic rings. The highest BCUT2D eigenvalue weighted by Crippen LogP contribution is 2.22. The molecular formula is C14H26N2O3. The minimum atomic E-state index is -0.983. The van der Waals surface area contributed by atoms with Crippen LogP contribution in [0.3, 0.4) is 0 Å². The lowest BCUT2D eigenvalue weighted by molar-refractivity contribution is -0.145. The third-order valence-electron chi connectivity index (χ3n) is 3.81. The van der Waals surface area contributed by atoms with E-state index in [9.17, 15) is 14.7 Å². The Morgan fingerprint density at radius 1 is 1.42 bits per heavy atom. The van der Waals surface area contributed by atoms with E-state index in [0.29, 0.717) is 5.92 Å². The Hall–Kier alpha value is -1.10. The zero-order chi connectivity index (χ0) is 14.6. The van der Waals surface area contributed by atoms with Crippen LogP contribution in [0, 0.1) is 11.3 Å². The maximum atomic E-state index is 12.2. The fraction of sp³-hybridized carbons (Fsp3) is 0.857. The van der Waals surface area contributed by atoms with Gasteiger partial charge < -0.3 is 15.7 Å². The summed E-state index contributed by atoms with van der Waals surface area (Å²) in [6, 6.07) is -1.12. The topological polar surface area (TPSA) is 78.4 Å². The number of amides is 1. The number of piperidine rings is 1. The predicted molar refractivity (Wildman–Crippen MR) is 73.8 cm³/mol. The average molecular weight is 270 g/mol. The molecule has 0 aromatic heterocycles. The Labute approximate surface area is 115 Å². The van der Waals surface area contributed by atoms with Crippen LogP contribution >= 0.6 is 0 Å². The molecule has 0 spiro atoms. The first-order valence-electron chi connectivity index (χ1n) is 7.02. The second-order valence-electron chi connectivity index (χ2n) is 6.45. The summed E-state index contributed by atoms with van der Waals surface area (Å²) in [4.78, 5) is 23.4. The van der Waals surface area contributed by atoms with Gasteiger partial charge in [-0.25, -0.2) is 4.79 Å². The minimum absolute atomic E-state index is 0.194. The monoisotopic (exact) mass is 270 g/mol. The summed E-state index contributed by atoms with van der Waals surface area (Å²) in [6.45, 7) is 8.39. The molecule has 1 aliphatic heterocycles. The summed E-state index contributed by atoms with van der Waals surface area (Å²) < 4.78 is 0. The molecule has 1 heterocycles. The van der Waals surface area contributed by atoms with Gasteiger partial charge in [0.15, 0.2) is 0 Å². The second-order valence-corrected chi connectivity index (χ2v) is 6.45. The number of carbonyl (C=O) groups is 2. The summed E-state index contributed by atoms with van der Waals surface area (Å²) in [5, 5.41) is 15.1. The minimum Gasteiger partial charge on any atom is -0.480 e. The highest BCUT2D eigenvalue weighted by molar-refractivity contribution is 5.87.